The van der Waals surface area contributed by atoms with Gasteiger partial charge in [0.05, 0.1) is 0 Å². The summed E-state index contributed by atoms with van der Waals surface area (Å²) < 4.78 is 42.4. The van der Waals surface area contributed by atoms with Crippen LogP contribution in [0.2, 0.25) is 5.02 Å². The molecule has 27 heavy (non-hydrogen) atoms. The Balaban J connectivity index is 1.70. The van der Waals surface area contributed by atoms with E-state index in [1.165, 1.54) is 17.7 Å². The average molecular weight is 399 g/mol. The summed E-state index contributed by atoms with van der Waals surface area (Å²) in [6.45, 7) is -0.00244. The molecule has 1 aliphatic rings. The number of rotatable bonds is 6. The number of piperidine rings is 1. The average Bonchev–Trinajstić information content (AvgIpc) is 2.66. The predicted molar refractivity (Wildman–Crippen MR) is 100 cm³/mol. The molecule has 2 aromatic rings. The third-order valence-corrected chi connectivity index (χ3v) is 4.82. The number of benzene rings is 2. The molecule has 2 N–H and O–H groups in total. The molecule has 0 saturated carbocycles. The van der Waals surface area contributed by atoms with Gasteiger partial charge in [-0.15, -0.1) is 0 Å². The summed E-state index contributed by atoms with van der Waals surface area (Å²) in [4.78, 5) is 0. The summed E-state index contributed by atoms with van der Waals surface area (Å²) in [6, 6.07) is 15.1. The molecule has 1 fully saturated rings. The summed E-state index contributed by atoms with van der Waals surface area (Å²) in [5, 5.41) is 7.46. The first-order chi connectivity index (χ1) is 12.9. The van der Waals surface area contributed by atoms with Gasteiger partial charge in [0.1, 0.15) is 5.75 Å². The van der Waals surface area contributed by atoms with Crippen molar-refractivity contribution in [3.05, 3.63) is 64.7 Å². The highest BCUT2D eigenvalue weighted by Crippen LogP contribution is 2.28. The maximum Gasteiger partial charge on any atom is 0.422 e. The lowest BCUT2D eigenvalue weighted by atomic mass is 9.92. The van der Waals surface area contributed by atoms with Crippen LogP contribution in [0.4, 0.5) is 13.2 Å². The lowest BCUT2D eigenvalue weighted by Gasteiger charge is -2.34. The van der Waals surface area contributed by atoms with Gasteiger partial charge in [-0.2, -0.15) is 13.2 Å². The molecular weight excluding hydrogens is 377 g/mol. The Morgan fingerprint density at radius 1 is 1.15 bits per heavy atom. The first-order valence-corrected chi connectivity index (χ1v) is 9.30. The molecule has 1 heterocycles. The number of hydrogen-bond acceptors (Lipinski definition) is 3. The molecule has 2 atom stereocenters. The molecule has 0 bridgehead atoms. The monoisotopic (exact) mass is 398 g/mol. The quantitative estimate of drug-likeness (QED) is 0.728. The lowest BCUT2D eigenvalue weighted by Crippen LogP contribution is -2.45. The third-order valence-electron chi connectivity index (χ3n) is 4.59. The summed E-state index contributed by atoms with van der Waals surface area (Å²) in [6.07, 6.45) is -2.37. The fourth-order valence-electron chi connectivity index (χ4n) is 3.35. The number of halogens is 4. The van der Waals surface area contributed by atoms with Crippen LogP contribution in [0.15, 0.2) is 48.5 Å². The van der Waals surface area contributed by atoms with Crippen LogP contribution in [0.1, 0.15) is 30.0 Å². The fraction of sp³-hybridized carbons (Fsp3) is 0.400. The zero-order chi connectivity index (χ0) is 19.3. The van der Waals surface area contributed by atoms with E-state index in [-0.39, 0.29) is 17.8 Å². The second kappa shape index (κ2) is 8.95. The van der Waals surface area contributed by atoms with E-state index in [2.05, 4.69) is 22.8 Å². The van der Waals surface area contributed by atoms with E-state index >= 15 is 0 Å². The van der Waals surface area contributed by atoms with Gasteiger partial charge in [-0.25, -0.2) is 0 Å². The van der Waals surface area contributed by atoms with Crippen molar-refractivity contribution in [1.82, 2.24) is 10.6 Å². The minimum atomic E-state index is -4.38. The highest BCUT2D eigenvalue weighted by atomic mass is 35.5. The molecule has 1 aliphatic heterocycles. The summed E-state index contributed by atoms with van der Waals surface area (Å²) in [5.74, 6) is 0.198. The standard InChI is InChI=1S/C20H22ClF3N2O/c21-16-8-9-18(27-13-20(22,23)24)15(11-16)12-26-17-7-4-10-25-19(17)14-5-2-1-3-6-14/h1-3,5-6,8-9,11,17,19,25-26H,4,7,10,12-13H2. The molecule has 2 aromatic carbocycles. The number of ether oxygens (including phenoxy) is 1. The molecule has 0 aromatic heterocycles. The van der Waals surface area contributed by atoms with Gasteiger partial charge in [-0.1, -0.05) is 41.9 Å². The maximum absolute atomic E-state index is 12.5. The van der Waals surface area contributed by atoms with E-state index in [1.54, 1.807) is 6.07 Å². The highest BCUT2D eigenvalue weighted by molar-refractivity contribution is 6.30. The molecule has 0 aliphatic carbocycles. The molecule has 146 valence electrons. The van der Waals surface area contributed by atoms with Crippen LogP contribution in [0.3, 0.4) is 0 Å². The van der Waals surface area contributed by atoms with Crippen molar-refractivity contribution in [2.75, 3.05) is 13.2 Å². The van der Waals surface area contributed by atoms with Gasteiger partial charge in [-0.05, 0) is 43.1 Å². The normalized spacial score (nSPS) is 20.4. The Morgan fingerprint density at radius 2 is 1.93 bits per heavy atom. The van der Waals surface area contributed by atoms with Crippen LogP contribution in [0.5, 0.6) is 5.75 Å². The SMILES string of the molecule is FC(F)(F)COc1ccc(Cl)cc1CNC1CCCNC1c1ccccc1. The first-order valence-electron chi connectivity index (χ1n) is 8.92. The van der Waals surface area contributed by atoms with Crippen LogP contribution in [-0.2, 0) is 6.54 Å². The number of nitrogens with one attached hydrogen (secondary N) is 2. The van der Waals surface area contributed by atoms with E-state index in [9.17, 15) is 13.2 Å². The predicted octanol–water partition coefficient (Wildman–Crippen LogP) is 4.86. The second-order valence-corrected chi connectivity index (χ2v) is 7.06. The smallest absolute Gasteiger partial charge is 0.422 e. The van der Waals surface area contributed by atoms with Crippen molar-refractivity contribution in [1.29, 1.82) is 0 Å². The van der Waals surface area contributed by atoms with Gasteiger partial charge < -0.3 is 15.4 Å². The molecule has 0 spiro atoms. The van der Waals surface area contributed by atoms with Gasteiger partial charge in [0.15, 0.2) is 6.61 Å². The molecule has 2 unspecified atom stereocenters. The molecule has 1 saturated heterocycles. The van der Waals surface area contributed by atoms with Crippen LogP contribution >= 0.6 is 11.6 Å². The van der Waals surface area contributed by atoms with Crippen LogP contribution in [-0.4, -0.2) is 25.4 Å². The Labute approximate surface area is 161 Å². The third kappa shape index (κ3) is 5.86. The maximum atomic E-state index is 12.5. The molecule has 3 nitrogen and oxygen atoms in total. The van der Waals surface area contributed by atoms with Crippen LogP contribution < -0.4 is 15.4 Å². The van der Waals surface area contributed by atoms with Gasteiger partial charge in [0, 0.05) is 29.2 Å². The van der Waals surface area contributed by atoms with E-state index < -0.39 is 12.8 Å². The molecular formula is C20H22ClF3N2O. The number of alkyl halides is 3. The molecule has 0 amide bonds. The van der Waals surface area contributed by atoms with Crippen molar-refractivity contribution in [3.63, 3.8) is 0 Å². The van der Waals surface area contributed by atoms with Crippen molar-refractivity contribution < 1.29 is 17.9 Å². The minimum Gasteiger partial charge on any atom is -0.484 e. The summed E-state index contributed by atoms with van der Waals surface area (Å²) in [7, 11) is 0. The van der Waals surface area contributed by atoms with Crippen molar-refractivity contribution >= 4 is 11.6 Å². The largest absolute Gasteiger partial charge is 0.484 e. The zero-order valence-electron chi connectivity index (χ0n) is 14.7. The van der Waals surface area contributed by atoms with E-state index in [1.807, 2.05) is 18.2 Å². The number of hydrogen-bond donors (Lipinski definition) is 2. The van der Waals surface area contributed by atoms with Gasteiger partial charge in [0.25, 0.3) is 0 Å². The Morgan fingerprint density at radius 3 is 2.67 bits per heavy atom. The van der Waals surface area contributed by atoms with E-state index in [0.717, 1.165) is 19.4 Å². The molecule has 7 heteroatoms. The van der Waals surface area contributed by atoms with E-state index in [0.29, 0.717) is 17.1 Å². The minimum absolute atomic E-state index is 0.152. The van der Waals surface area contributed by atoms with Gasteiger partial charge in [0.2, 0.25) is 0 Å². The van der Waals surface area contributed by atoms with E-state index in [4.69, 9.17) is 16.3 Å². The van der Waals surface area contributed by atoms with Crippen LogP contribution in [0, 0.1) is 0 Å². The second-order valence-electron chi connectivity index (χ2n) is 6.63. The Bertz CT molecular complexity index is 740. The Hall–Kier alpha value is -1.76. The fourth-order valence-corrected chi connectivity index (χ4v) is 3.54. The topological polar surface area (TPSA) is 33.3 Å². The summed E-state index contributed by atoms with van der Waals surface area (Å²) in [5.41, 5.74) is 1.80. The summed E-state index contributed by atoms with van der Waals surface area (Å²) >= 11 is 6.04. The Kier molecular flexibility index (Phi) is 6.63. The lowest BCUT2D eigenvalue weighted by molar-refractivity contribution is -0.153. The van der Waals surface area contributed by atoms with Crippen molar-refractivity contribution in [2.24, 2.45) is 0 Å². The van der Waals surface area contributed by atoms with Crippen molar-refractivity contribution in [3.8, 4) is 5.75 Å². The molecule has 0 radical (unpaired) electrons. The first kappa shape index (κ1) is 20.0. The van der Waals surface area contributed by atoms with Gasteiger partial charge >= 0.3 is 6.18 Å². The van der Waals surface area contributed by atoms with Gasteiger partial charge in [-0.3, -0.25) is 0 Å². The zero-order valence-corrected chi connectivity index (χ0v) is 15.5. The van der Waals surface area contributed by atoms with Crippen LogP contribution in [0.25, 0.3) is 0 Å². The highest BCUT2D eigenvalue weighted by Gasteiger charge is 2.29. The van der Waals surface area contributed by atoms with Crippen molar-refractivity contribution in [2.45, 2.75) is 37.6 Å². The molecule has 3 rings (SSSR count).